The highest BCUT2D eigenvalue weighted by Crippen LogP contribution is 2.27. The van der Waals surface area contributed by atoms with Crippen LogP contribution in [0, 0.1) is 0 Å². The number of hydrogen-bond donors (Lipinski definition) is 2. The molecule has 1 aromatic carbocycles. The summed E-state index contributed by atoms with van der Waals surface area (Å²) in [6, 6.07) is 3.67. The predicted octanol–water partition coefficient (Wildman–Crippen LogP) is 1.71. The number of nitrogens with one attached hydrogen (secondary N) is 2. The minimum Gasteiger partial charge on any atom is -0.464 e. The summed E-state index contributed by atoms with van der Waals surface area (Å²) in [5.41, 5.74) is -0.625. The molecule has 0 aliphatic carbocycles. The summed E-state index contributed by atoms with van der Waals surface area (Å²) in [6.07, 6.45) is 0. The number of rotatable bonds is 2. The fraction of sp³-hybridized carbons (Fsp3) is 0.125. The maximum absolute atomic E-state index is 12.6. The first kappa shape index (κ1) is 16.9. The molecule has 0 radical (unpaired) electrons. The van der Waals surface area contributed by atoms with E-state index < -0.39 is 22.8 Å². The van der Waals surface area contributed by atoms with Gasteiger partial charge in [0.2, 0.25) is 0 Å². The van der Waals surface area contributed by atoms with Gasteiger partial charge in [0.05, 0.1) is 30.6 Å². The molecule has 2 aromatic heterocycles. The number of methoxy groups -OCH3 is 2. The number of esters is 2. The van der Waals surface area contributed by atoms with Crippen molar-refractivity contribution in [1.82, 2.24) is 9.97 Å². The molecular formula is C16H11BrN2O6. The lowest BCUT2D eigenvalue weighted by molar-refractivity contribution is 0.0586. The number of H-pyrrole nitrogens is 2. The molecule has 0 fully saturated rings. The zero-order chi connectivity index (χ0) is 18.3. The summed E-state index contributed by atoms with van der Waals surface area (Å²) in [5, 5.41) is 0.336. The zero-order valence-electron chi connectivity index (χ0n) is 13.1. The van der Waals surface area contributed by atoms with Crippen LogP contribution in [0.25, 0.3) is 21.8 Å². The van der Waals surface area contributed by atoms with Crippen LogP contribution in [0.1, 0.15) is 21.0 Å². The van der Waals surface area contributed by atoms with E-state index in [4.69, 9.17) is 0 Å². The van der Waals surface area contributed by atoms with Gasteiger partial charge in [-0.05, 0) is 22.0 Å². The molecule has 9 heteroatoms. The topological polar surface area (TPSA) is 118 Å². The van der Waals surface area contributed by atoms with Crippen LogP contribution >= 0.6 is 15.9 Å². The second-order valence-corrected chi connectivity index (χ2v) is 5.96. The van der Waals surface area contributed by atoms with Crippen LogP contribution in [0.15, 0.2) is 32.3 Å². The van der Waals surface area contributed by atoms with E-state index in [1.165, 1.54) is 20.3 Å². The number of carbonyl (C=O) groups is 2. The Hall–Kier alpha value is -2.94. The van der Waals surface area contributed by atoms with Gasteiger partial charge in [0, 0.05) is 22.0 Å². The molecule has 0 atom stereocenters. The van der Waals surface area contributed by atoms with Crippen molar-refractivity contribution in [2.75, 3.05) is 14.2 Å². The predicted molar refractivity (Wildman–Crippen MR) is 93.1 cm³/mol. The standard InChI is InChI=1S/C16H11BrN2O6/c1-24-15(22)8-4-10(20)6-3-7(17)14-12(13(6)18-8)11(21)5-9(19-14)16(23)25-2/h3-5H,1-2H3,(H,18,20)(H,19,21). The Morgan fingerprint density at radius 2 is 1.40 bits per heavy atom. The summed E-state index contributed by atoms with van der Waals surface area (Å²) in [7, 11) is 2.38. The smallest absolute Gasteiger partial charge is 0.354 e. The van der Waals surface area contributed by atoms with Crippen molar-refractivity contribution in [3.63, 3.8) is 0 Å². The molecule has 0 aliphatic heterocycles. The molecule has 25 heavy (non-hydrogen) atoms. The molecule has 0 saturated carbocycles. The SMILES string of the molecule is COC(=O)c1cc(=O)c2c([nH]1)c(Br)cc1c(=O)cc(C(=O)OC)[nH]c12. The van der Waals surface area contributed by atoms with Crippen LogP contribution in [-0.2, 0) is 9.47 Å². The van der Waals surface area contributed by atoms with E-state index >= 15 is 0 Å². The lowest BCUT2D eigenvalue weighted by Gasteiger charge is -2.09. The van der Waals surface area contributed by atoms with E-state index in [2.05, 4.69) is 35.4 Å². The van der Waals surface area contributed by atoms with Crippen molar-refractivity contribution in [1.29, 1.82) is 0 Å². The number of ether oxygens (including phenoxy) is 2. The largest absolute Gasteiger partial charge is 0.464 e. The third kappa shape index (κ3) is 2.72. The van der Waals surface area contributed by atoms with Crippen LogP contribution in [0.3, 0.4) is 0 Å². The van der Waals surface area contributed by atoms with Gasteiger partial charge in [-0.3, -0.25) is 9.59 Å². The van der Waals surface area contributed by atoms with Crippen LogP contribution in [0.5, 0.6) is 0 Å². The van der Waals surface area contributed by atoms with E-state index in [-0.39, 0.29) is 33.2 Å². The Balaban J connectivity index is 2.50. The second kappa shape index (κ2) is 6.17. The first-order chi connectivity index (χ1) is 11.9. The number of aromatic amines is 2. The molecule has 0 bridgehead atoms. The highest BCUT2D eigenvalue weighted by Gasteiger charge is 2.18. The quantitative estimate of drug-likeness (QED) is 0.493. The molecule has 0 aliphatic rings. The van der Waals surface area contributed by atoms with Gasteiger partial charge < -0.3 is 19.4 Å². The van der Waals surface area contributed by atoms with Gasteiger partial charge in [-0.2, -0.15) is 0 Å². The molecule has 0 amide bonds. The Labute approximate surface area is 147 Å². The molecule has 0 spiro atoms. The molecule has 0 unspecified atom stereocenters. The first-order valence-corrected chi connectivity index (χ1v) is 7.76. The summed E-state index contributed by atoms with van der Waals surface area (Å²) in [4.78, 5) is 53.9. The van der Waals surface area contributed by atoms with Gasteiger partial charge in [0.25, 0.3) is 0 Å². The van der Waals surface area contributed by atoms with Crippen molar-refractivity contribution in [3.8, 4) is 0 Å². The number of pyridine rings is 2. The van der Waals surface area contributed by atoms with Gasteiger partial charge in [0.1, 0.15) is 11.4 Å². The Morgan fingerprint density at radius 3 is 1.96 bits per heavy atom. The fourth-order valence-electron chi connectivity index (χ4n) is 2.54. The highest BCUT2D eigenvalue weighted by molar-refractivity contribution is 9.10. The Morgan fingerprint density at radius 1 is 0.880 bits per heavy atom. The van der Waals surface area contributed by atoms with E-state index in [0.29, 0.717) is 4.47 Å². The number of aromatic nitrogens is 2. The van der Waals surface area contributed by atoms with Crippen molar-refractivity contribution in [2.24, 2.45) is 0 Å². The molecule has 3 rings (SSSR count). The molecule has 0 saturated heterocycles. The number of halogens is 1. The van der Waals surface area contributed by atoms with E-state index in [1.807, 2.05) is 0 Å². The van der Waals surface area contributed by atoms with Crippen LogP contribution in [0.4, 0.5) is 0 Å². The summed E-state index contributed by atoms with van der Waals surface area (Å²) in [6.45, 7) is 0. The van der Waals surface area contributed by atoms with Crippen molar-refractivity contribution in [2.45, 2.75) is 0 Å². The van der Waals surface area contributed by atoms with Gasteiger partial charge in [0.15, 0.2) is 10.9 Å². The Kier molecular flexibility index (Phi) is 4.17. The van der Waals surface area contributed by atoms with E-state index in [9.17, 15) is 19.2 Å². The minimum atomic E-state index is -0.738. The van der Waals surface area contributed by atoms with E-state index in [1.54, 1.807) is 0 Å². The lowest BCUT2D eigenvalue weighted by Crippen LogP contribution is -2.15. The third-order valence-corrected chi connectivity index (χ3v) is 4.30. The van der Waals surface area contributed by atoms with E-state index in [0.717, 1.165) is 12.1 Å². The highest BCUT2D eigenvalue weighted by atomic mass is 79.9. The molecule has 8 nitrogen and oxygen atoms in total. The Bertz CT molecular complexity index is 1160. The molecule has 2 heterocycles. The molecule has 2 N–H and O–H groups in total. The molecule has 3 aromatic rings. The van der Waals surface area contributed by atoms with Gasteiger partial charge in [-0.1, -0.05) is 0 Å². The van der Waals surface area contributed by atoms with Gasteiger partial charge in [-0.15, -0.1) is 0 Å². The fourth-order valence-corrected chi connectivity index (χ4v) is 3.06. The van der Waals surface area contributed by atoms with Crippen molar-refractivity contribution < 1.29 is 19.1 Å². The first-order valence-electron chi connectivity index (χ1n) is 6.96. The minimum absolute atomic E-state index is 0.0356. The maximum Gasteiger partial charge on any atom is 0.354 e. The number of hydrogen-bond acceptors (Lipinski definition) is 6. The van der Waals surface area contributed by atoms with Crippen molar-refractivity contribution in [3.05, 3.63) is 54.5 Å². The van der Waals surface area contributed by atoms with Gasteiger partial charge >= 0.3 is 11.9 Å². The summed E-state index contributed by atoms with van der Waals surface area (Å²) >= 11 is 3.29. The monoisotopic (exact) mass is 406 g/mol. The normalized spacial score (nSPS) is 10.8. The number of carbonyl (C=O) groups excluding carboxylic acids is 2. The van der Waals surface area contributed by atoms with Crippen LogP contribution < -0.4 is 10.9 Å². The van der Waals surface area contributed by atoms with Gasteiger partial charge in [-0.25, -0.2) is 9.59 Å². The summed E-state index contributed by atoms with van der Waals surface area (Å²) < 4.78 is 9.63. The third-order valence-electron chi connectivity index (χ3n) is 3.67. The van der Waals surface area contributed by atoms with Crippen molar-refractivity contribution >= 4 is 49.7 Å². The average Bonchev–Trinajstić information content (AvgIpc) is 2.60. The van der Waals surface area contributed by atoms with Crippen LogP contribution in [-0.4, -0.2) is 36.1 Å². The average molecular weight is 407 g/mol. The summed E-state index contributed by atoms with van der Waals surface area (Å²) in [5.74, 6) is -1.44. The maximum atomic E-state index is 12.6. The zero-order valence-corrected chi connectivity index (χ0v) is 14.6. The van der Waals surface area contributed by atoms with Crippen LogP contribution in [0.2, 0.25) is 0 Å². The molecular weight excluding hydrogens is 396 g/mol. The second-order valence-electron chi connectivity index (χ2n) is 5.11. The molecule has 128 valence electrons. The number of fused-ring (bicyclic) bond motifs is 3. The lowest BCUT2D eigenvalue weighted by atomic mass is 10.1. The number of benzene rings is 1.